The lowest BCUT2D eigenvalue weighted by Crippen LogP contribution is -2.54. The Balaban J connectivity index is 1.99. The normalized spacial score (nSPS) is 17.4. The number of carbonyl (C=O) groups is 1. The van der Waals surface area contributed by atoms with Crippen LogP contribution in [0.25, 0.3) is 0 Å². The maximum Gasteiger partial charge on any atom is 0.251 e. The summed E-state index contributed by atoms with van der Waals surface area (Å²) in [5, 5.41) is 3.46. The number of nitrogens with two attached hydrogens (primary N) is 1. The first kappa shape index (κ1) is 12.4. The van der Waals surface area contributed by atoms with Crippen molar-refractivity contribution < 1.29 is 4.79 Å². The molecule has 2 rings (SSSR count). The van der Waals surface area contributed by atoms with Crippen molar-refractivity contribution in [3.63, 3.8) is 0 Å². The molecule has 1 fully saturated rings. The third kappa shape index (κ3) is 2.99. The van der Waals surface area contributed by atoms with Gasteiger partial charge in [0.25, 0.3) is 5.91 Å². The number of hydrogen-bond acceptors (Lipinski definition) is 2. The van der Waals surface area contributed by atoms with E-state index in [1.54, 1.807) is 6.07 Å². The van der Waals surface area contributed by atoms with Gasteiger partial charge in [0, 0.05) is 22.7 Å². The van der Waals surface area contributed by atoms with Crippen LogP contribution in [0.2, 0.25) is 5.02 Å². The van der Waals surface area contributed by atoms with Gasteiger partial charge in [-0.1, -0.05) is 11.6 Å². The minimum atomic E-state index is -0.191. The lowest BCUT2D eigenvalue weighted by molar-refractivity contribution is 0.0929. The van der Waals surface area contributed by atoms with Crippen LogP contribution in [0.4, 0.5) is 0 Å². The topological polar surface area (TPSA) is 55.1 Å². The Kier molecular flexibility index (Phi) is 3.40. The summed E-state index contributed by atoms with van der Waals surface area (Å²) in [5.74, 6) is -0.104. The summed E-state index contributed by atoms with van der Waals surface area (Å²) < 4.78 is 0. The number of amides is 1. The Morgan fingerprint density at radius 1 is 1.47 bits per heavy atom. The van der Waals surface area contributed by atoms with Crippen molar-refractivity contribution >= 4 is 17.5 Å². The van der Waals surface area contributed by atoms with Crippen LogP contribution in [-0.4, -0.2) is 18.0 Å². The molecule has 17 heavy (non-hydrogen) atoms. The molecule has 0 radical (unpaired) electrons. The van der Waals surface area contributed by atoms with Crippen molar-refractivity contribution in [1.29, 1.82) is 0 Å². The molecule has 1 saturated carbocycles. The first-order valence-electron chi connectivity index (χ1n) is 5.83. The Morgan fingerprint density at radius 2 is 2.18 bits per heavy atom. The summed E-state index contributed by atoms with van der Waals surface area (Å²) in [6.07, 6.45) is 3.13. The monoisotopic (exact) mass is 252 g/mol. The predicted octanol–water partition coefficient (Wildman–Crippen LogP) is 2.26. The zero-order valence-corrected chi connectivity index (χ0v) is 10.7. The van der Waals surface area contributed by atoms with Gasteiger partial charge in [-0.2, -0.15) is 0 Å². The maximum absolute atomic E-state index is 11.9. The number of rotatable bonds is 3. The summed E-state index contributed by atoms with van der Waals surface area (Å²) in [5.41, 5.74) is 7.43. The van der Waals surface area contributed by atoms with Crippen LogP contribution in [0.15, 0.2) is 18.2 Å². The van der Waals surface area contributed by atoms with E-state index in [1.807, 2.05) is 19.1 Å². The van der Waals surface area contributed by atoms with Crippen LogP contribution in [-0.2, 0) is 0 Å². The van der Waals surface area contributed by atoms with Crippen molar-refractivity contribution in [2.45, 2.75) is 31.7 Å². The van der Waals surface area contributed by atoms with E-state index in [0.717, 1.165) is 24.8 Å². The van der Waals surface area contributed by atoms with Crippen LogP contribution in [0.1, 0.15) is 35.2 Å². The van der Waals surface area contributed by atoms with Gasteiger partial charge in [-0.15, -0.1) is 0 Å². The lowest BCUT2D eigenvalue weighted by Gasteiger charge is -2.38. The zero-order valence-electron chi connectivity index (χ0n) is 9.92. The molecule has 0 spiro atoms. The molecule has 3 nitrogen and oxygen atoms in total. The van der Waals surface area contributed by atoms with Gasteiger partial charge in [0.05, 0.1) is 0 Å². The molecule has 0 aliphatic heterocycles. The number of hydrogen-bond donors (Lipinski definition) is 2. The van der Waals surface area contributed by atoms with Crippen LogP contribution < -0.4 is 11.1 Å². The highest BCUT2D eigenvalue weighted by Crippen LogP contribution is 2.28. The van der Waals surface area contributed by atoms with Gasteiger partial charge in [-0.25, -0.2) is 0 Å². The molecule has 3 N–H and O–H groups in total. The van der Waals surface area contributed by atoms with E-state index >= 15 is 0 Å². The van der Waals surface area contributed by atoms with E-state index in [4.69, 9.17) is 17.3 Å². The molecule has 92 valence electrons. The minimum absolute atomic E-state index is 0.104. The summed E-state index contributed by atoms with van der Waals surface area (Å²) in [6, 6.07) is 5.33. The fourth-order valence-electron chi connectivity index (χ4n) is 2.03. The van der Waals surface area contributed by atoms with E-state index in [1.165, 1.54) is 0 Å². The highest BCUT2D eigenvalue weighted by molar-refractivity contribution is 6.31. The largest absolute Gasteiger partial charge is 0.350 e. The molecule has 1 aromatic carbocycles. The summed E-state index contributed by atoms with van der Waals surface area (Å²) in [6.45, 7) is 2.45. The predicted molar refractivity (Wildman–Crippen MR) is 69.3 cm³/mol. The molecule has 0 aromatic heterocycles. The van der Waals surface area contributed by atoms with Crippen molar-refractivity contribution in [2.75, 3.05) is 6.54 Å². The van der Waals surface area contributed by atoms with Gasteiger partial charge in [0.15, 0.2) is 0 Å². The smallest absolute Gasteiger partial charge is 0.251 e. The molecule has 0 unspecified atom stereocenters. The quantitative estimate of drug-likeness (QED) is 0.867. The van der Waals surface area contributed by atoms with Crippen molar-refractivity contribution in [1.82, 2.24) is 5.32 Å². The van der Waals surface area contributed by atoms with Gasteiger partial charge in [-0.05, 0) is 49.9 Å². The first-order chi connectivity index (χ1) is 7.98. The van der Waals surface area contributed by atoms with Crippen LogP contribution in [0.5, 0.6) is 0 Å². The second-order valence-electron chi connectivity index (χ2n) is 4.92. The van der Waals surface area contributed by atoms with E-state index < -0.39 is 0 Å². The maximum atomic E-state index is 11.9. The second kappa shape index (κ2) is 4.67. The highest BCUT2D eigenvalue weighted by Gasteiger charge is 2.32. The highest BCUT2D eigenvalue weighted by atomic mass is 35.5. The van der Waals surface area contributed by atoms with Gasteiger partial charge in [-0.3, -0.25) is 4.79 Å². The second-order valence-corrected chi connectivity index (χ2v) is 5.35. The van der Waals surface area contributed by atoms with Crippen molar-refractivity contribution in [3.05, 3.63) is 34.3 Å². The average molecular weight is 253 g/mol. The third-order valence-electron chi connectivity index (χ3n) is 3.25. The van der Waals surface area contributed by atoms with Crippen molar-refractivity contribution in [2.24, 2.45) is 5.73 Å². The lowest BCUT2D eigenvalue weighted by atomic mass is 9.78. The SMILES string of the molecule is Cc1cc(Cl)cc(C(=O)NCC2(N)CCC2)c1. The molecule has 0 saturated heterocycles. The zero-order chi connectivity index (χ0) is 12.5. The minimum Gasteiger partial charge on any atom is -0.350 e. The van der Waals surface area contributed by atoms with Gasteiger partial charge >= 0.3 is 0 Å². The number of benzene rings is 1. The van der Waals surface area contributed by atoms with Gasteiger partial charge in [0.1, 0.15) is 0 Å². The number of nitrogens with one attached hydrogen (secondary N) is 1. The first-order valence-corrected chi connectivity index (χ1v) is 6.21. The fourth-order valence-corrected chi connectivity index (χ4v) is 2.32. The standard InChI is InChI=1S/C13H17ClN2O/c1-9-5-10(7-11(14)6-9)12(17)16-8-13(15)3-2-4-13/h5-7H,2-4,8,15H2,1H3,(H,16,17). The van der Waals surface area contributed by atoms with E-state index in [9.17, 15) is 4.79 Å². The van der Waals surface area contributed by atoms with E-state index in [2.05, 4.69) is 5.32 Å². The molecule has 1 amide bonds. The molecule has 1 aliphatic carbocycles. The Hall–Kier alpha value is -1.06. The molecule has 0 heterocycles. The average Bonchev–Trinajstić information content (AvgIpc) is 2.22. The summed E-state index contributed by atoms with van der Waals surface area (Å²) in [4.78, 5) is 11.9. The molecular formula is C13H17ClN2O. The molecular weight excluding hydrogens is 236 g/mol. The molecule has 0 atom stereocenters. The van der Waals surface area contributed by atoms with Crippen LogP contribution in [0.3, 0.4) is 0 Å². The Bertz CT molecular complexity index is 421. The van der Waals surface area contributed by atoms with E-state index in [-0.39, 0.29) is 11.4 Å². The van der Waals surface area contributed by atoms with E-state index in [0.29, 0.717) is 17.1 Å². The molecule has 0 bridgehead atoms. The van der Waals surface area contributed by atoms with Gasteiger partial charge < -0.3 is 11.1 Å². The van der Waals surface area contributed by atoms with Crippen LogP contribution >= 0.6 is 11.6 Å². The molecule has 1 aromatic rings. The van der Waals surface area contributed by atoms with Crippen LogP contribution in [0, 0.1) is 6.92 Å². The summed E-state index contributed by atoms with van der Waals surface area (Å²) in [7, 11) is 0. The van der Waals surface area contributed by atoms with Crippen molar-refractivity contribution in [3.8, 4) is 0 Å². The number of aryl methyl sites for hydroxylation is 1. The molecule has 4 heteroatoms. The Morgan fingerprint density at radius 3 is 2.71 bits per heavy atom. The Labute approximate surface area is 106 Å². The number of halogens is 1. The number of carbonyl (C=O) groups excluding carboxylic acids is 1. The molecule has 1 aliphatic rings. The fraction of sp³-hybridized carbons (Fsp3) is 0.462. The summed E-state index contributed by atoms with van der Waals surface area (Å²) >= 11 is 5.92. The van der Waals surface area contributed by atoms with Gasteiger partial charge in [0.2, 0.25) is 0 Å². The third-order valence-corrected chi connectivity index (χ3v) is 3.47.